The van der Waals surface area contributed by atoms with Crippen molar-refractivity contribution in [1.29, 1.82) is 0 Å². The molecule has 1 aromatic rings. The van der Waals surface area contributed by atoms with E-state index in [1.165, 1.54) is 6.08 Å². The Morgan fingerprint density at radius 1 is 1.55 bits per heavy atom. The van der Waals surface area contributed by atoms with Gasteiger partial charge in [0.1, 0.15) is 5.94 Å². The van der Waals surface area contributed by atoms with E-state index in [-0.39, 0.29) is 6.04 Å². The highest BCUT2D eigenvalue weighted by Crippen LogP contribution is 2.07. The molecule has 0 amide bonds. The van der Waals surface area contributed by atoms with Crippen LogP contribution in [0.1, 0.15) is 11.6 Å². The molecule has 2 N–H and O–H groups in total. The molecule has 1 unspecified atom stereocenters. The summed E-state index contributed by atoms with van der Waals surface area (Å²) in [5, 5.41) is 0. The Labute approximate surface area is 64.6 Å². The van der Waals surface area contributed by atoms with Crippen molar-refractivity contribution < 1.29 is 4.79 Å². The maximum Gasteiger partial charge on any atom is 0.122 e. The van der Waals surface area contributed by atoms with Crippen LogP contribution in [0.2, 0.25) is 0 Å². The molecule has 0 saturated carbocycles. The molecule has 0 fully saturated rings. The first-order valence-electron chi connectivity index (χ1n) is 3.21. The second kappa shape index (κ2) is 3.66. The number of hydrogen-bond acceptors (Lipinski definition) is 3. The van der Waals surface area contributed by atoms with Gasteiger partial charge in [-0.15, -0.1) is 0 Å². The largest absolute Gasteiger partial charge is 0.320 e. The second-order valence-corrected chi connectivity index (χ2v) is 2.09. The number of nitrogens with two attached hydrogens (primary N) is 1. The molecule has 0 aliphatic rings. The highest BCUT2D eigenvalue weighted by Gasteiger charge is 1.99. The molecule has 0 aliphatic heterocycles. The normalized spacial score (nSPS) is 11.7. The van der Waals surface area contributed by atoms with E-state index >= 15 is 0 Å². The number of hydrogen-bond donors (Lipinski definition) is 1. The van der Waals surface area contributed by atoms with Gasteiger partial charge in [-0.05, 0) is 17.7 Å². The molecular weight excluding hydrogens is 140 g/mol. The summed E-state index contributed by atoms with van der Waals surface area (Å²) in [6.45, 7) is 0. The fraction of sp³-hybridized carbons (Fsp3) is 0.125. The van der Waals surface area contributed by atoms with E-state index in [0.29, 0.717) is 0 Å². The maximum atomic E-state index is 9.91. The molecule has 0 aromatic carbocycles. The number of rotatable bonds is 2. The van der Waals surface area contributed by atoms with Crippen LogP contribution in [0.3, 0.4) is 0 Å². The minimum absolute atomic E-state index is 0.365. The first kappa shape index (κ1) is 7.66. The lowest BCUT2D eigenvalue weighted by atomic mass is 10.1. The van der Waals surface area contributed by atoms with Crippen LogP contribution < -0.4 is 5.73 Å². The van der Waals surface area contributed by atoms with Crippen molar-refractivity contribution in [2.24, 2.45) is 5.73 Å². The molecule has 1 heterocycles. The molecule has 3 nitrogen and oxygen atoms in total. The zero-order chi connectivity index (χ0) is 8.10. The fourth-order valence-corrected chi connectivity index (χ4v) is 0.755. The Kier molecular flexibility index (Phi) is 2.55. The Morgan fingerprint density at radius 2 is 2.18 bits per heavy atom. The minimum Gasteiger partial charge on any atom is -0.320 e. The molecular formula is C8H8N2O. The van der Waals surface area contributed by atoms with Gasteiger partial charge in [0.05, 0.1) is 6.04 Å². The summed E-state index contributed by atoms with van der Waals surface area (Å²) in [6, 6.07) is 3.16. The van der Waals surface area contributed by atoms with Gasteiger partial charge in [0.25, 0.3) is 0 Å². The Hall–Kier alpha value is -1.44. The van der Waals surface area contributed by atoms with E-state index in [4.69, 9.17) is 5.73 Å². The van der Waals surface area contributed by atoms with Crippen molar-refractivity contribution in [2.45, 2.75) is 6.04 Å². The van der Waals surface area contributed by atoms with Gasteiger partial charge in [-0.3, -0.25) is 4.98 Å². The van der Waals surface area contributed by atoms with Crippen molar-refractivity contribution in [3.63, 3.8) is 0 Å². The molecule has 1 aromatic heterocycles. The predicted octanol–water partition coefficient (Wildman–Crippen LogP) is 0.469. The lowest BCUT2D eigenvalue weighted by Gasteiger charge is -2.02. The highest BCUT2D eigenvalue weighted by molar-refractivity contribution is 5.47. The monoisotopic (exact) mass is 148 g/mol. The summed E-state index contributed by atoms with van der Waals surface area (Å²) in [4.78, 5) is 13.7. The molecule has 3 heteroatoms. The summed E-state index contributed by atoms with van der Waals surface area (Å²) in [6.07, 6.45) is 4.54. The van der Waals surface area contributed by atoms with Crippen LogP contribution in [-0.4, -0.2) is 10.9 Å². The predicted molar refractivity (Wildman–Crippen MR) is 41.4 cm³/mol. The molecule has 1 rings (SSSR count). The van der Waals surface area contributed by atoms with E-state index in [1.54, 1.807) is 30.5 Å². The Balaban J connectivity index is 2.84. The van der Waals surface area contributed by atoms with Crippen molar-refractivity contribution in [3.05, 3.63) is 36.2 Å². The fourth-order valence-electron chi connectivity index (χ4n) is 0.755. The number of aromatic nitrogens is 1. The van der Waals surface area contributed by atoms with Crippen LogP contribution in [0.25, 0.3) is 0 Å². The van der Waals surface area contributed by atoms with Crippen LogP contribution in [0.5, 0.6) is 0 Å². The maximum absolute atomic E-state index is 9.91. The van der Waals surface area contributed by atoms with Gasteiger partial charge in [0.15, 0.2) is 0 Å². The van der Waals surface area contributed by atoms with E-state index in [2.05, 4.69) is 4.98 Å². The van der Waals surface area contributed by atoms with Gasteiger partial charge in [0.2, 0.25) is 0 Å². The van der Waals surface area contributed by atoms with E-state index < -0.39 is 0 Å². The zero-order valence-corrected chi connectivity index (χ0v) is 5.90. The third kappa shape index (κ3) is 2.00. The van der Waals surface area contributed by atoms with Gasteiger partial charge in [-0.2, -0.15) is 0 Å². The highest BCUT2D eigenvalue weighted by atomic mass is 16.1. The minimum atomic E-state index is -0.365. The zero-order valence-electron chi connectivity index (χ0n) is 5.90. The van der Waals surface area contributed by atoms with Crippen molar-refractivity contribution in [1.82, 2.24) is 4.98 Å². The summed E-state index contributed by atoms with van der Waals surface area (Å²) in [5.74, 6) is 1.65. The third-order valence-corrected chi connectivity index (χ3v) is 1.34. The van der Waals surface area contributed by atoms with E-state index in [0.717, 1.165) is 5.56 Å². The SMILES string of the molecule is NC(C=C=O)c1ccncc1. The van der Waals surface area contributed by atoms with Gasteiger partial charge in [-0.1, -0.05) is 0 Å². The van der Waals surface area contributed by atoms with Crippen molar-refractivity contribution in [2.75, 3.05) is 0 Å². The van der Waals surface area contributed by atoms with Gasteiger partial charge in [0, 0.05) is 18.5 Å². The standard InChI is InChI=1S/C8H8N2O/c9-8(3-6-11)7-1-4-10-5-2-7/h1-5,8H,9H2. The lowest BCUT2D eigenvalue weighted by Crippen LogP contribution is -2.06. The van der Waals surface area contributed by atoms with Crippen LogP contribution in [-0.2, 0) is 4.79 Å². The molecule has 11 heavy (non-hydrogen) atoms. The average Bonchev–Trinajstić information content (AvgIpc) is 2.07. The van der Waals surface area contributed by atoms with Crippen LogP contribution in [0, 0.1) is 0 Å². The average molecular weight is 148 g/mol. The van der Waals surface area contributed by atoms with Crippen LogP contribution in [0.4, 0.5) is 0 Å². The first-order valence-corrected chi connectivity index (χ1v) is 3.21. The summed E-state index contributed by atoms with van der Waals surface area (Å²) in [5.41, 5.74) is 6.42. The molecule has 0 bridgehead atoms. The van der Waals surface area contributed by atoms with Crippen LogP contribution >= 0.6 is 0 Å². The molecule has 0 radical (unpaired) electrons. The summed E-state index contributed by atoms with van der Waals surface area (Å²) < 4.78 is 0. The number of pyridine rings is 1. The third-order valence-electron chi connectivity index (χ3n) is 1.34. The molecule has 0 aliphatic carbocycles. The number of carbonyl (C=O) groups excluding carboxylic acids is 1. The molecule has 0 spiro atoms. The smallest absolute Gasteiger partial charge is 0.122 e. The molecule has 56 valence electrons. The quantitative estimate of drug-likeness (QED) is 0.620. The van der Waals surface area contributed by atoms with Gasteiger partial charge >= 0.3 is 0 Å². The molecule has 0 saturated heterocycles. The lowest BCUT2D eigenvalue weighted by molar-refractivity contribution is 0.567. The van der Waals surface area contributed by atoms with E-state index in [9.17, 15) is 4.79 Å². The van der Waals surface area contributed by atoms with Crippen LogP contribution in [0.15, 0.2) is 30.6 Å². The van der Waals surface area contributed by atoms with Crippen molar-refractivity contribution >= 4 is 5.94 Å². The topological polar surface area (TPSA) is 56.0 Å². The number of nitrogens with zero attached hydrogens (tertiary/aromatic N) is 1. The molecule has 1 atom stereocenters. The van der Waals surface area contributed by atoms with Gasteiger partial charge in [-0.25, -0.2) is 4.79 Å². The summed E-state index contributed by atoms with van der Waals surface area (Å²) >= 11 is 0. The first-order chi connectivity index (χ1) is 5.34. The van der Waals surface area contributed by atoms with Crippen molar-refractivity contribution in [3.8, 4) is 0 Å². The Bertz CT molecular complexity index is 265. The van der Waals surface area contributed by atoms with E-state index in [1.807, 2.05) is 0 Å². The second-order valence-electron chi connectivity index (χ2n) is 2.09. The Morgan fingerprint density at radius 3 is 2.73 bits per heavy atom. The van der Waals surface area contributed by atoms with Gasteiger partial charge < -0.3 is 5.73 Å². The summed E-state index contributed by atoms with van der Waals surface area (Å²) in [7, 11) is 0.